The van der Waals surface area contributed by atoms with E-state index in [0.717, 1.165) is 55.1 Å². The molecule has 0 spiro atoms. The highest BCUT2D eigenvalue weighted by atomic mass is 33.1. The second kappa shape index (κ2) is 23.2. The Bertz CT molecular complexity index is 3350. The Hall–Kier alpha value is -6.23. The number of amides is 3. The average Bonchev–Trinajstić information content (AvgIpc) is 3.98. The van der Waals surface area contributed by atoms with Crippen LogP contribution in [0.25, 0.3) is 0 Å². The Morgan fingerprint density at radius 3 is 1.97 bits per heavy atom. The molecule has 4 aliphatic rings. The van der Waals surface area contributed by atoms with E-state index in [1.807, 2.05) is 66.4 Å². The Morgan fingerprint density at radius 2 is 1.32 bits per heavy atom. The normalized spacial score (nSPS) is 17.3. The van der Waals surface area contributed by atoms with Crippen LogP contribution in [-0.4, -0.2) is 102 Å². The molecule has 4 heterocycles. The number of nitrogens with one attached hydrogen (secondary N) is 1. The van der Waals surface area contributed by atoms with Gasteiger partial charge in [-0.25, -0.2) is 0 Å². The molecule has 17 nitrogen and oxygen atoms in total. The molecule has 0 saturated heterocycles. The fraction of sp³-hybridized carbons (Fsp3) is 0.364. The molecule has 2 unspecified atom stereocenters. The van der Waals surface area contributed by atoms with E-state index < -0.39 is 42.4 Å². The van der Waals surface area contributed by atoms with Crippen molar-refractivity contribution in [2.75, 3.05) is 48.0 Å². The number of hydrogen-bond donors (Lipinski definition) is 1. The van der Waals surface area contributed by atoms with Crippen LogP contribution in [0.5, 0.6) is 17.2 Å². The highest BCUT2D eigenvalue weighted by Gasteiger charge is 2.39. The lowest BCUT2D eigenvalue weighted by Gasteiger charge is -2.23. The zero-order valence-corrected chi connectivity index (χ0v) is 45.9. The van der Waals surface area contributed by atoms with E-state index in [1.165, 1.54) is 28.7 Å². The van der Waals surface area contributed by atoms with E-state index in [0.29, 0.717) is 63.6 Å². The van der Waals surface area contributed by atoms with Crippen LogP contribution in [0.4, 0.5) is 22.7 Å². The van der Waals surface area contributed by atoms with E-state index in [-0.39, 0.29) is 73.6 Å². The molecule has 9 rings (SSSR count). The summed E-state index contributed by atoms with van der Waals surface area (Å²) in [5.41, 5.74) is 8.35. The number of anilines is 3. The number of carbonyl (C=O) groups excluding carboxylic acids is 4. The lowest BCUT2D eigenvalue weighted by molar-refractivity contribution is -0.118. The Morgan fingerprint density at radius 1 is 0.711 bits per heavy atom. The van der Waals surface area contributed by atoms with E-state index in [2.05, 4.69) is 15.6 Å². The Balaban J connectivity index is 0.950. The summed E-state index contributed by atoms with van der Waals surface area (Å²) in [5.74, 6) is 0.0400. The summed E-state index contributed by atoms with van der Waals surface area (Å²) >= 11 is 0. The molecule has 0 aliphatic carbocycles. The number of fused-ring (bicyclic) bond motifs is 8. The van der Waals surface area contributed by atoms with Gasteiger partial charge in [0.25, 0.3) is 32.1 Å². The third kappa shape index (κ3) is 11.4. The molecular formula is C55H58N4O13S4. The lowest BCUT2D eigenvalue weighted by atomic mass is 9.99. The summed E-state index contributed by atoms with van der Waals surface area (Å²) < 4.78 is 79.6. The molecular weight excluding hydrogens is 1050 g/mol. The van der Waals surface area contributed by atoms with Crippen molar-refractivity contribution in [3.8, 4) is 17.2 Å². The van der Waals surface area contributed by atoms with Crippen LogP contribution < -0.4 is 29.3 Å². The number of aliphatic imine (C=N–C) groups is 1. The standard InChI is InChI=1S/C55H58N4O13S4/c1-6-47(60)51(75(64,65)69-4)17-19-73-74-20-18-52(76(66,67)70-5)53(61)57-39-23-34(31-71-48-29-44-43(21-33(48)2)55(63)59-41(30-56-44)26-38-12-8-10-14-46(38)59)22-35(24-39)32-72-50-27-36-15-16-40-25-37-11-7-9-13-45(37)58(40)54(62)42(36)28-49(50)68-3/h7-14,21-24,27-30,40-41,51-52H,6,15-20,25-26,31-32H2,1-5H3,(H,57,61)/t40-,41+,51?,52?/m1/s1. The number of carbonyl (C=O) groups is 4. The number of aryl methyl sites for hydroxylation is 2. The highest BCUT2D eigenvalue weighted by molar-refractivity contribution is 8.76. The molecule has 1 N–H and O–H groups in total. The fourth-order valence-electron chi connectivity index (χ4n) is 10.2. The van der Waals surface area contributed by atoms with Crippen molar-refractivity contribution < 1.29 is 58.6 Å². The summed E-state index contributed by atoms with van der Waals surface area (Å²) in [7, 11) is -2.55. The van der Waals surface area contributed by atoms with Crippen LogP contribution in [-0.2, 0) is 70.7 Å². The zero-order valence-electron chi connectivity index (χ0n) is 42.6. The van der Waals surface area contributed by atoms with Gasteiger partial charge in [0.05, 0.1) is 38.6 Å². The first-order chi connectivity index (χ1) is 36.5. The van der Waals surface area contributed by atoms with Crippen LogP contribution in [0.15, 0.2) is 96.0 Å². The van der Waals surface area contributed by atoms with Crippen LogP contribution in [0.2, 0.25) is 0 Å². The van der Waals surface area contributed by atoms with Gasteiger partial charge in [-0.05, 0) is 121 Å². The van der Waals surface area contributed by atoms with Gasteiger partial charge in [-0.2, -0.15) is 16.8 Å². The number of benzene rings is 5. The third-order valence-corrected chi connectivity index (χ3v) is 19.8. The Kier molecular flexibility index (Phi) is 16.6. The minimum atomic E-state index is -4.42. The molecule has 5 aromatic carbocycles. The lowest BCUT2D eigenvalue weighted by Crippen LogP contribution is -2.37. The van der Waals surface area contributed by atoms with Gasteiger partial charge >= 0.3 is 0 Å². The molecule has 0 aromatic heterocycles. The largest absolute Gasteiger partial charge is 0.493 e. The van der Waals surface area contributed by atoms with Crippen molar-refractivity contribution in [2.24, 2.45) is 4.99 Å². The molecule has 0 bridgehead atoms. The summed E-state index contributed by atoms with van der Waals surface area (Å²) in [6.07, 6.45) is 4.46. The van der Waals surface area contributed by atoms with E-state index in [9.17, 15) is 36.0 Å². The van der Waals surface area contributed by atoms with Crippen LogP contribution in [0, 0.1) is 6.92 Å². The van der Waals surface area contributed by atoms with Gasteiger partial charge in [0.15, 0.2) is 22.5 Å². The SMILES string of the molecule is CCC(=O)C(CCSSCCC(C(=O)Nc1cc(COc2cc3c(cc2C)C(=O)N2c4ccccc4C[C@H]2C=N3)cc(COc2cc3c(cc2OC)C(=O)N2c4ccccc4C[C@H]2CC3)c1)S(=O)(=O)OC)S(=O)(=O)OC. The smallest absolute Gasteiger partial charge is 0.279 e. The molecule has 400 valence electrons. The number of nitrogens with zero attached hydrogens (tertiary/aromatic N) is 3. The molecule has 0 radical (unpaired) electrons. The number of rotatable bonds is 22. The predicted octanol–water partition coefficient (Wildman–Crippen LogP) is 8.74. The third-order valence-electron chi connectivity index (χ3n) is 14.1. The molecule has 76 heavy (non-hydrogen) atoms. The van der Waals surface area contributed by atoms with Crippen LogP contribution in [0.1, 0.15) is 86.7 Å². The summed E-state index contributed by atoms with van der Waals surface area (Å²) in [6, 6.07) is 27.8. The maximum absolute atomic E-state index is 14.2. The van der Waals surface area contributed by atoms with Gasteiger partial charge in [-0.15, -0.1) is 0 Å². The number of ketones is 1. The first-order valence-corrected chi connectivity index (χ1v) is 30.2. The van der Waals surface area contributed by atoms with Crippen molar-refractivity contribution in [3.63, 3.8) is 0 Å². The molecule has 4 aliphatic heterocycles. The fourth-order valence-corrected chi connectivity index (χ4v) is 14.8. The first-order valence-electron chi connectivity index (χ1n) is 24.8. The molecule has 4 atom stereocenters. The number of Topliss-reactive ketones (excluding diaryl/α,β-unsaturated/α-hetero) is 1. The topological polar surface area (TPSA) is 214 Å². The number of ether oxygens (including phenoxy) is 3. The maximum Gasteiger partial charge on any atom is 0.279 e. The average molecular weight is 1110 g/mol. The first kappa shape index (κ1) is 54.6. The van der Waals surface area contributed by atoms with Gasteiger partial charge in [0.2, 0.25) is 5.91 Å². The number of methoxy groups -OCH3 is 1. The molecule has 0 saturated carbocycles. The minimum absolute atomic E-state index is 0.00526. The van der Waals surface area contributed by atoms with Crippen molar-refractivity contribution in [3.05, 3.63) is 136 Å². The Labute approximate surface area is 450 Å². The highest BCUT2D eigenvalue weighted by Crippen LogP contribution is 2.42. The second-order valence-electron chi connectivity index (χ2n) is 18.8. The molecule has 21 heteroatoms. The quantitative estimate of drug-likeness (QED) is 0.0390. The van der Waals surface area contributed by atoms with Gasteiger partial charge in [0.1, 0.15) is 24.2 Å². The zero-order chi connectivity index (χ0) is 53.9. The van der Waals surface area contributed by atoms with Gasteiger partial charge in [-0.3, -0.25) is 37.4 Å². The molecule has 3 amide bonds. The molecule has 5 aromatic rings. The maximum atomic E-state index is 14.2. The molecule has 0 fully saturated rings. The summed E-state index contributed by atoms with van der Waals surface area (Å²) in [5, 5.41) is -0.174. The van der Waals surface area contributed by atoms with Crippen molar-refractivity contribution >= 4 is 94.3 Å². The number of hydrogen-bond acceptors (Lipinski definition) is 16. The van der Waals surface area contributed by atoms with E-state index in [4.69, 9.17) is 23.4 Å². The van der Waals surface area contributed by atoms with E-state index >= 15 is 0 Å². The van der Waals surface area contributed by atoms with Gasteiger partial charge in [0, 0.05) is 65.3 Å². The van der Waals surface area contributed by atoms with Crippen molar-refractivity contribution in [2.45, 2.75) is 94.6 Å². The second-order valence-corrected chi connectivity index (χ2v) is 25.3. The number of para-hydroxylation sites is 2. The monoisotopic (exact) mass is 1110 g/mol. The van der Waals surface area contributed by atoms with Crippen LogP contribution >= 0.6 is 21.6 Å². The van der Waals surface area contributed by atoms with Gasteiger partial charge < -0.3 is 24.4 Å². The van der Waals surface area contributed by atoms with Crippen LogP contribution in [0.3, 0.4) is 0 Å². The minimum Gasteiger partial charge on any atom is -0.493 e. The summed E-state index contributed by atoms with van der Waals surface area (Å²) in [6.45, 7) is 3.35. The van der Waals surface area contributed by atoms with Crippen molar-refractivity contribution in [1.82, 2.24) is 0 Å². The summed E-state index contributed by atoms with van der Waals surface area (Å²) in [4.78, 5) is 63.1. The van der Waals surface area contributed by atoms with E-state index in [1.54, 1.807) is 48.4 Å². The predicted molar refractivity (Wildman–Crippen MR) is 295 cm³/mol. The van der Waals surface area contributed by atoms with Crippen molar-refractivity contribution in [1.29, 1.82) is 0 Å². The van der Waals surface area contributed by atoms with Gasteiger partial charge in [-0.1, -0.05) is 64.9 Å².